The molecule has 0 aliphatic rings. The summed E-state index contributed by atoms with van der Waals surface area (Å²) in [6.07, 6.45) is 1.47. The Morgan fingerprint density at radius 1 is 1.64 bits per heavy atom. The van der Waals surface area contributed by atoms with E-state index in [-0.39, 0.29) is 18.1 Å². The van der Waals surface area contributed by atoms with E-state index in [0.29, 0.717) is 5.75 Å². The molecule has 0 N–H and O–H groups in total. The highest BCUT2D eigenvalue weighted by Crippen LogP contribution is 2.10. The zero-order valence-electron chi connectivity index (χ0n) is 5.81. The summed E-state index contributed by atoms with van der Waals surface area (Å²) in [5, 5.41) is 15.5. The van der Waals surface area contributed by atoms with E-state index in [4.69, 9.17) is 10.00 Å². The highest BCUT2D eigenvalue weighted by molar-refractivity contribution is 5.85. The van der Waals surface area contributed by atoms with E-state index in [9.17, 15) is 0 Å². The van der Waals surface area contributed by atoms with Gasteiger partial charge in [0.15, 0.2) is 5.75 Å². The van der Waals surface area contributed by atoms with Crippen LogP contribution >= 0.6 is 12.4 Å². The van der Waals surface area contributed by atoms with Gasteiger partial charge >= 0.3 is 0 Å². The van der Waals surface area contributed by atoms with Gasteiger partial charge in [0.05, 0.1) is 13.3 Å². The maximum Gasteiger partial charge on any atom is 0.204 e. The Kier molecular flexibility index (Phi) is 3.93. The number of methoxy groups -OCH3 is 1. The molecule has 5 heteroatoms. The van der Waals surface area contributed by atoms with Gasteiger partial charge in [-0.15, -0.1) is 17.5 Å². The lowest BCUT2D eigenvalue weighted by atomic mass is 10.4. The summed E-state index contributed by atoms with van der Waals surface area (Å²) in [4.78, 5) is 0. The molecule has 0 aliphatic carbocycles. The van der Waals surface area contributed by atoms with Crippen molar-refractivity contribution in [3.8, 4) is 11.8 Å². The van der Waals surface area contributed by atoms with E-state index in [1.807, 2.05) is 6.07 Å². The van der Waals surface area contributed by atoms with Crippen LogP contribution in [0.4, 0.5) is 0 Å². The van der Waals surface area contributed by atoms with E-state index in [1.165, 1.54) is 13.3 Å². The van der Waals surface area contributed by atoms with Crippen LogP contribution in [0.3, 0.4) is 0 Å². The van der Waals surface area contributed by atoms with Crippen LogP contribution in [0, 0.1) is 11.3 Å². The van der Waals surface area contributed by atoms with Crippen molar-refractivity contribution in [3.63, 3.8) is 0 Å². The van der Waals surface area contributed by atoms with Gasteiger partial charge in [-0.1, -0.05) is 0 Å². The zero-order chi connectivity index (χ0) is 7.40. The molecule has 1 aromatic heterocycles. The van der Waals surface area contributed by atoms with Crippen LogP contribution in [-0.4, -0.2) is 17.3 Å². The maximum absolute atomic E-state index is 8.42. The smallest absolute Gasteiger partial charge is 0.204 e. The quantitative estimate of drug-likeness (QED) is 0.627. The first-order valence-corrected chi connectivity index (χ1v) is 2.64. The van der Waals surface area contributed by atoms with Crippen molar-refractivity contribution in [2.45, 2.75) is 0 Å². The Balaban J connectivity index is 0.000001000. The Labute approximate surface area is 70.2 Å². The second kappa shape index (κ2) is 4.47. The zero-order valence-corrected chi connectivity index (χ0v) is 6.63. The van der Waals surface area contributed by atoms with Gasteiger partial charge in [-0.2, -0.15) is 10.4 Å². The summed E-state index contributed by atoms with van der Waals surface area (Å²) in [6, 6.07) is 3.44. The highest BCUT2D eigenvalue weighted by atomic mass is 35.5. The molecule has 0 aliphatic heterocycles. The monoisotopic (exact) mass is 171 g/mol. The van der Waals surface area contributed by atoms with Gasteiger partial charge in [-0.25, -0.2) is 0 Å². The van der Waals surface area contributed by atoms with Gasteiger partial charge in [0, 0.05) is 6.07 Å². The fraction of sp³-hybridized carbons (Fsp3) is 0.167. The normalized spacial score (nSPS) is 7.64. The lowest BCUT2D eigenvalue weighted by molar-refractivity contribution is 0.410. The third-order valence-corrected chi connectivity index (χ3v) is 1.01. The molecule has 0 amide bonds. The predicted molar refractivity (Wildman–Crippen MR) is 40.5 cm³/mol. The molecule has 0 atom stereocenters. The van der Waals surface area contributed by atoms with Gasteiger partial charge in [0.1, 0.15) is 6.07 Å². The van der Waals surface area contributed by atoms with Gasteiger partial charge in [-0.05, 0) is 0 Å². The highest BCUT2D eigenvalue weighted by Gasteiger charge is 1.99. The molecule has 0 unspecified atom stereocenters. The van der Waals surface area contributed by atoms with Crippen LogP contribution in [0.2, 0.25) is 0 Å². The largest absolute Gasteiger partial charge is 0.494 e. The first-order chi connectivity index (χ1) is 4.88. The Hall–Kier alpha value is -1.34. The van der Waals surface area contributed by atoms with Crippen molar-refractivity contribution in [2.24, 2.45) is 0 Å². The summed E-state index contributed by atoms with van der Waals surface area (Å²) < 4.78 is 4.81. The maximum atomic E-state index is 8.42. The summed E-state index contributed by atoms with van der Waals surface area (Å²) in [7, 11) is 1.48. The van der Waals surface area contributed by atoms with Crippen molar-refractivity contribution in [3.05, 3.63) is 18.0 Å². The van der Waals surface area contributed by atoms with E-state index in [2.05, 4.69) is 10.2 Å². The van der Waals surface area contributed by atoms with Gasteiger partial charge in [-0.3, -0.25) is 0 Å². The second-order valence-corrected chi connectivity index (χ2v) is 1.56. The molecule has 0 fully saturated rings. The molecule has 0 bridgehead atoms. The number of nitriles is 1. The van der Waals surface area contributed by atoms with E-state index < -0.39 is 0 Å². The second-order valence-electron chi connectivity index (χ2n) is 1.56. The fourth-order valence-electron chi connectivity index (χ4n) is 0.562. The van der Waals surface area contributed by atoms with E-state index in [1.54, 1.807) is 6.07 Å². The number of rotatable bonds is 1. The number of hydrogen-bond acceptors (Lipinski definition) is 4. The first-order valence-electron chi connectivity index (χ1n) is 2.64. The van der Waals surface area contributed by atoms with Gasteiger partial charge in [0.25, 0.3) is 0 Å². The molecular formula is C6H6ClN3O. The predicted octanol–water partition coefficient (Wildman–Crippen LogP) is 0.779. The number of halogens is 1. The van der Waals surface area contributed by atoms with Gasteiger partial charge < -0.3 is 4.74 Å². The lowest BCUT2D eigenvalue weighted by Crippen LogP contribution is -1.91. The first kappa shape index (κ1) is 9.66. The molecule has 58 valence electrons. The molecule has 1 heterocycles. The molecule has 11 heavy (non-hydrogen) atoms. The van der Waals surface area contributed by atoms with Crippen molar-refractivity contribution in [1.82, 2.24) is 10.2 Å². The van der Waals surface area contributed by atoms with Crippen LogP contribution in [0.1, 0.15) is 5.69 Å². The minimum atomic E-state index is 0. The van der Waals surface area contributed by atoms with Crippen LogP contribution in [0.15, 0.2) is 12.3 Å². The lowest BCUT2D eigenvalue weighted by Gasteiger charge is -1.96. The van der Waals surface area contributed by atoms with Crippen molar-refractivity contribution >= 4 is 12.4 Å². The average Bonchev–Trinajstić information content (AvgIpc) is 2.04. The van der Waals surface area contributed by atoms with Crippen molar-refractivity contribution in [1.29, 1.82) is 5.26 Å². The summed E-state index contributed by atoms with van der Waals surface area (Å²) in [5.74, 6) is 0.456. The SMILES string of the molecule is COc1ccnnc1C#N.Cl. The average molecular weight is 172 g/mol. The Bertz CT molecular complexity index is 271. The van der Waals surface area contributed by atoms with Crippen LogP contribution < -0.4 is 4.74 Å². The molecule has 4 nitrogen and oxygen atoms in total. The Morgan fingerprint density at radius 3 is 2.82 bits per heavy atom. The van der Waals surface area contributed by atoms with Crippen LogP contribution in [0.25, 0.3) is 0 Å². The summed E-state index contributed by atoms with van der Waals surface area (Å²) >= 11 is 0. The third kappa shape index (κ3) is 2.06. The minimum absolute atomic E-state index is 0. The molecule has 0 saturated carbocycles. The summed E-state index contributed by atoms with van der Waals surface area (Å²) in [5.41, 5.74) is 0.213. The number of ether oxygens (including phenoxy) is 1. The molecule has 0 spiro atoms. The minimum Gasteiger partial charge on any atom is -0.494 e. The van der Waals surface area contributed by atoms with Crippen LogP contribution in [0.5, 0.6) is 5.75 Å². The van der Waals surface area contributed by atoms with E-state index >= 15 is 0 Å². The molecule has 0 aromatic carbocycles. The fourth-order valence-corrected chi connectivity index (χ4v) is 0.562. The Morgan fingerprint density at radius 2 is 2.36 bits per heavy atom. The van der Waals surface area contributed by atoms with Gasteiger partial charge in [0.2, 0.25) is 5.69 Å². The van der Waals surface area contributed by atoms with Crippen molar-refractivity contribution in [2.75, 3.05) is 7.11 Å². The molecular weight excluding hydrogens is 166 g/mol. The topological polar surface area (TPSA) is 58.8 Å². The molecule has 0 saturated heterocycles. The molecule has 0 radical (unpaired) electrons. The third-order valence-electron chi connectivity index (χ3n) is 1.01. The summed E-state index contributed by atoms with van der Waals surface area (Å²) in [6.45, 7) is 0. The standard InChI is InChI=1S/C6H5N3O.ClH/c1-10-6-2-3-8-9-5(6)4-7;/h2-3H,1H3;1H. The van der Waals surface area contributed by atoms with Crippen molar-refractivity contribution < 1.29 is 4.74 Å². The van der Waals surface area contributed by atoms with Crippen LogP contribution in [-0.2, 0) is 0 Å². The number of aromatic nitrogens is 2. The molecule has 1 aromatic rings. The van der Waals surface area contributed by atoms with E-state index in [0.717, 1.165) is 0 Å². The molecule has 1 rings (SSSR count). The number of nitrogens with zero attached hydrogens (tertiary/aromatic N) is 3. The number of hydrogen-bond donors (Lipinski definition) is 0.